The maximum absolute atomic E-state index is 11.7. The summed E-state index contributed by atoms with van der Waals surface area (Å²) < 4.78 is 0. The maximum Gasteiger partial charge on any atom is 0.251 e. The van der Waals surface area contributed by atoms with Crippen molar-refractivity contribution in [2.24, 2.45) is 11.8 Å². The Morgan fingerprint density at radius 2 is 2.00 bits per heavy atom. The minimum absolute atomic E-state index is 0.0782. The van der Waals surface area contributed by atoms with Crippen molar-refractivity contribution >= 4 is 11.8 Å². The van der Waals surface area contributed by atoms with E-state index in [2.05, 4.69) is 15.6 Å². The molecule has 18 heavy (non-hydrogen) atoms. The van der Waals surface area contributed by atoms with E-state index in [1.807, 2.05) is 6.92 Å². The van der Waals surface area contributed by atoms with E-state index in [9.17, 15) is 9.59 Å². The van der Waals surface area contributed by atoms with Crippen LogP contribution in [0, 0.1) is 5.92 Å². The number of carbonyl (C=O) groups excluding carboxylic acids is 2. The lowest BCUT2D eigenvalue weighted by Crippen LogP contribution is -2.52. The lowest BCUT2D eigenvalue weighted by Gasteiger charge is -2.35. The van der Waals surface area contributed by atoms with Gasteiger partial charge in [-0.15, -0.1) is 0 Å². The first-order valence-corrected chi connectivity index (χ1v) is 6.60. The summed E-state index contributed by atoms with van der Waals surface area (Å²) in [5.74, 6) is 5.27. The number of nitrogens with zero attached hydrogens (tertiary/aromatic N) is 1. The molecule has 0 radical (unpaired) electrons. The molecule has 1 atom stereocenters. The maximum atomic E-state index is 11.7. The second-order valence-electron chi connectivity index (χ2n) is 4.74. The van der Waals surface area contributed by atoms with Gasteiger partial charge in [0.1, 0.15) is 0 Å². The molecule has 1 unspecified atom stereocenters. The smallest absolute Gasteiger partial charge is 0.251 e. The van der Waals surface area contributed by atoms with Crippen LogP contribution < -0.4 is 16.6 Å². The molecule has 1 aliphatic rings. The first-order chi connectivity index (χ1) is 8.63. The normalized spacial score (nSPS) is 19.3. The highest BCUT2D eigenvalue weighted by Gasteiger charge is 2.30. The zero-order chi connectivity index (χ0) is 13.5. The van der Waals surface area contributed by atoms with E-state index >= 15 is 0 Å². The van der Waals surface area contributed by atoms with Crippen LogP contribution in [-0.2, 0) is 9.59 Å². The molecule has 2 amide bonds. The SMILES string of the molecule is CCCC(C(=O)NN)N1CCC(C(=O)NC)CC1. The summed E-state index contributed by atoms with van der Waals surface area (Å²) in [6, 6.07) is -0.161. The molecule has 0 saturated carbocycles. The number of rotatable bonds is 5. The van der Waals surface area contributed by atoms with Crippen molar-refractivity contribution in [2.45, 2.75) is 38.6 Å². The van der Waals surface area contributed by atoms with Crippen LogP contribution in [0.1, 0.15) is 32.6 Å². The molecule has 1 rings (SSSR count). The Morgan fingerprint density at radius 1 is 1.39 bits per heavy atom. The highest BCUT2D eigenvalue weighted by molar-refractivity contribution is 5.81. The highest BCUT2D eigenvalue weighted by Crippen LogP contribution is 2.20. The molecule has 104 valence electrons. The Kier molecular flexibility index (Phi) is 6.07. The third-order valence-corrected chi connectivity index (χ3v) is 3.59. The van der Waals surface area contributed by atoms with Crippen molar-refractivity contribution < 1.29 is 9.59 Å². The molecule has 4 N–H and O–H groups in total. The molecule has 0 bridgehead atoms. The summed E-state index contributed by atoms with van der Waals surface area (Å²) in [5.41, 5.74) is 2.23. The standard InChI is InChI=1S/C12H24N4O2/c1-3-4-10(12(18)15-13)16-7-5-9(6-8-16)11(17)14-2/h9-10H,3-8,13H2,1-2H3,(H,14,17)(H,15,18). The number of likely N-dealkylation sites (tertiary alicyclic amines) is 1. The number of amides is 2. The van der Waals surface area contributed by atoms with Gasteiger partial charge in [-0.3, -0.25) is 19.9 Å². The van der Waals surface area contributed by atoms with Gasteiger partial charge in [0.25, 0.3) is 5.91 Å². The highest BCUT2D eigenvalue weighted by atomic mass is 16.2. The van der Waals surface area contributed by atoms with Crippen LogP contribution in [0.4, 0.5) is 0 Å². The molecule has 6 heteroatoms. The van der Waals surface area contributed by atoms with Crippen molar-refractivity contribution in [1.82, 2.24) is 15.6 Å². The van der Waals surface area contributed by atoms with Gasteiger partial charge in [0.05, 0.1) is 6.04 Å². The fraction of sp³-hybridized carbons (Fsp3) is 0.833. The summed E-state index contributed by atoms with van der Waals surface area (Å²) in [6.07, 6.45) is 3.34. The predicted molar refractivity (Wildman–Crippen MR) is 69.4 cm³/mol. The van der Waals surface area contributed by atoms with Gasteiger partial charge in [0.2, 0.25) is 5.91 Å². The number of hydrogen-bond acceptors (Lipinski definition) is 4. The number of hydrogen-bond donors (Lipinski definition) is 3. The van der Waals surface area contributed by atoms with Gasteiger partial charge in [-0.05, 0) is 32.4 Å². The van der Waals surface area contributed by atoms with Gasteiger partial charge in [-0.25, -0.2) is 5.84 Å². The third-order valence-electron chi connectivity index (χ3n) is 3.59. The van der Waals surface area contributed by atoms with E-state index in [0.29, 0.717) is 0 Å². The minimum Gasteiger partial charge on any atom is -0.359 e. The molecule has 1 heterocycles. The number of nitrogens with one attached hydrogen (secondary N) is 2. The topological polar surface area (TPSA) is 87.5 Å². The predicted octanol–water partition coefficient (Wildman–Crippen LogP) is -0.397. The van der Waals surface area contributed by atoms with Gasteiger partial charge >= 0.3 is 0 Å². The summed E-state index contributed by atoms with van der Waals surface area (Å²) >= 11 is 0. The average molecular weight is 256 g/mol. The van der Waals surface area contributed by atoms with Crippen LogP contribution in [0.15, 0.2) is 0 Å². The summed E-state index contributed by atoms with van der Waals surface area (Å²) in [7, 11) is 1.66. The van der Waals surface area contributed by atoms with Crippen molar-refractivity contribution in [3.8, 4) is 0 Å². The zero-order valence-corrected chi connectivity index (χ0v) is 11.2. The largest absolute Gasteiger partial charge is 0.359 e. The fourth-order valence-corrected chi connectivity index (χ4v) is 2.53. The molecule has 1 aliphatic heterocycles. The Hall–Kier alpha value is -1.14. The first-order valence-electron chi connectivity index (χ1n) is 6.60. The second kappa shape index (κ2) is 7.33. The summed E-state index contributed by atoms with van der Waals surface area (Å²) in [6.45, 7) is 3.60. The number of hydrazine groups is 1. The van der Waals surface area contributed by atoms with Crippen molar-refractivity contribution in [2.75, 3.05) is 20.1 Å². The Morgan fingerprint density at radius 3 is 2.44 bits per heavy atom. The monoisotopic (exact) mass is 256 g/mol. The van der Waals surface area contributed by atoms with Crippen LogP contribution >= 0.6 is 0 Å². The van der Waals surface area contributed by atoms with Gasteiger partial charge in [-0.2, -0.15) is 0 Å². The number of carbonyl (C=O) groups is 2. The van der Waals surface area contributed by atoms with Gasteiger partial charge in [-0.1, -0.05) is 13.3 Å². The summed E-state index contributed by atoms with van der Waals surface area (Å²) in [5, 5.41) is 2.68. The van der Waals surface area contributed by atoms with E-state index in [1.165, 1.54) is 0 Å². The minimum atomic E-state index is -0.161. The third kappa shape index (κ3) is 3.68. The Balaban J connectivity index is 2.53. The molecular formula is C12H24N4O2. The van der Waals surface area contributed by atoms with Crippen LogP contribution in [0.5, 0.6) is 0 Å². The molecular weight excluding hydrogens is 232 g/mol. The van der Waals surface area contributed by atoms with Crippen LogP contribution in [0.25, 0.3) is 0 Å². The van der Waals surface area contributed by atoms with Crippen LogP contribution in [0.3, 0.4) is 0 Å². The molecule has 1 fully saturated rings. The summed E-state index contributed by atoms with van der Waals surface area (Å²) in [4.78, 5) is 25.4. The van der Waals surface area contributed by atoms with Crippen LogP contribution in [-0.4, -0.2) is 42.9 Å². The van der Waals surface area contributed by atoms with Crippen molar-refractivity contribution in [1.29, 1.82) is 0 Å². The molecule has 1 saturated heterocycles. The first kappa shape index (κ1) is 14.9. The van der Waals surface area contributed by atoms with Crippen molar-refractivity contribution in [3.05, 3.63) is 0 Å². The number of piperidine rings is 1. The average Bonchev–Trinajstić information content (AvgIpc) is 2.43. The molecule has 0 aromatic carbocycles. The molecule has 0 aliphatic carbocycles. The van der Waals surface area contributed by atoms with E-state index in [-0.39, 0.29) is 23.8 Å². The zero-order valence-electron chi connectivity index (χ0n) is 11.2. The lowest BCUT2D eigenvalue weighted by molar-refractivity contribution is -0.129. The Bertz CT molecular complexity index is 288. The fourth-order valence-electron chi connectivity index (χ4n) is 2.53. The lowest BCUT2D eigenvalue weighted by atomic mass is 9.94. The van der Waals surface area contributed by atoms with Gasteiger partial charge in [0.15, 0.2) is 0 Å². The second-order valence-corrected chi connectivity index (χ2v) is 4.74. The van der Waals surface area contributed by atoms with Gasteiger partial charge in [0, 0.05) is 13.0 Å². The molecule has 0 spiro atoms. The van der Waals surface area contributed by atoms with Crippen LogP contribution in [0.2, 0.25) is 0 Å². The Labute approximate surface area is 108 Å². The van der Waals surface area contributed by atoms with Crippen molar-refractivity contribution in [3.63, 3.8) is 0 Å². The van der Waals surface area contributed by atoms with E-state index < -0.39 is 0 Å². The molecule has 0 aromatic rings. The quantitative estimate of drug-likeness (QED) is 0.355. The molecule has 0 aromatic heterocycles. The van der Waals surface area contributed by atoms with E-state index in [0.717, 1.165) is 38.8 Å². The van der Waals surface area contributed by atoms with E-state index in [1.54, 1.807) is 7.05 Å². The van der Waals surface area contributed by atoms with Gasteiger partial charge < -0.3 is 5.32 Å². The molecule has 6 nitrogen and oxygen atoms in total. The number of nitrogens with two attached hydrogens (primary N) is 1. The van der Waals surface area contributed by atoms with E-state index in [4.69, 9.17) is 5.84 Å².